The minimum atomic E-state index is -0.929. The molecular weight excluding hydrogens is 284 g/mol. The second-order valence-corrected chi connectivity index (χ2v) is 4.94. The van der Waals surface area contributed by atoms with E-state index in [2.05, 4.69) is 0 Å². The lowest BCUT2D eigenvalue weighted by molar-refractivity contribution is 0.0496. The molecule has 22 heavy (non-hydrogen) atoms. The number of pyridine rings is 1. The van der Waals surface area contributed by atoms with Crippen molar-refractivity contribution >= 4 is 22.9 Å². The highest BCUT2D eigenvalue weighted by molar-refractivity contribution is 5.97. The molecule has 0 fully saturated rings. The number of unbranched alkanes of at least 4 members (excludes halogenated alkanes) is 2. The molecule has 1 amide bonds. The van der Waals surface area contributed by atoms with E-state index in [9.17, 15) is 14.4 Å². The first kappa shape index (κ1) is 15.8. The molecule has 0 aliphatic carbocycles. The first-order valence-corrected chi connectivity index (χ1v) is 7.18. The maximum absolute atomic E-state index is 12.3. The van der Waals surface area contributed by atoms with Crippen LogP contribution in [0.25, 0.3) is 10.9 Å². The molecule has 0 atom stereocenters. The number of hydrogen-bond donors (Lipinski definition) is 1. The number of carbonyl (C=O) groups excluding carboxylic acids is 2. The number of amides is 1. The zero-order valence-electron chi connectivity index (χ0n) is 12.4. The standard InChI is InChI=1S/C16H18N2O4/c1-2-3-6-9-22-15(20)12-10-11-7-4-5-8-13(11)18(14(12)19)16(17)21/h4-5,7-8,10H,2-3,6,9H2,1H3,(H2,17,21). The van der Waals surface area contributed by atoms with Gasteiger partial charge in [0.15, 0.2) is 0 Å². The molecule has 2 aromatic rings. The smallest absolute Gasteiger partial charge is 0.343 e. The molecule has 0 spiro atoms. The predicted molar refractivity (Wildman–Crippen MR) is 83.0 cm³/mol. The minimum Gasteiger partial charge on any atom is -0.462 e. The number of nitrogens with two attached hydrogens (primary N) is 1. The van der Waals surface area contributed by atoms with Gasteiger partial charge in [-0.15, -0.1) is 0 Å². The monoisotopic (exact) mass is 302 g/mol. The van der Waals surface area contributed by atoms with Gasteiger partial charge in [-0.1, -0.05) is 38.0 Å². The number of benzene rings is 1. The number of primary amides is 1. The Morgan fingerprint density at radius 2 is 1.95 bits per heavy atom. The second-order valence-electron chi connectivity index (χ2n) is 4.94. The van der Waals surface area contributed by atoms with E-state index in [-0.39, 0.29) is 12.2 Å². The fraction of sp³-hybridized carbons (Fsp3) is 0.312. The molecule has 116 valence electrons. The van der Waals surface area contributed by atoms with Crippen LogP contribution in [0.4, 0.5) is 4.79 Å². The first-order valence-electron chi connectivity index (χ1n) is 7.18. The summed E-state index contributed by atoms with van der Waals surface area (Å²) in [6.07, 6.45) is 2.68. The Bertz CT molecular complexity index is 764. The fourth-order valence-corrected chi connectivity index (χ4v) is 2.22. The molecule has 2 rings (SSSR count). The van der Waals surface area contributed by atoms with Crippen LogP contribution in [0.1, 0.15) is 36.5 Å². The minimum absolute atomic E-state index is 0.186. The number of esters is 1. The molecule has 0 saturated heterocycles. The lowest BCUT2D eigenvalue weighted by Gasteiger charge is -2.09. The molecule has 0 aliphatic rings. The van der Waals surface area contributed by atoms with Crippen LogP contribution in [0, 0.1) is 0 Å². The number of hydrogen-bond acceptors (Lipinski definition) is 4. The second kappa shape index (κ2) is 6.89. The molecular formula is C16H18N2O4. The van der Waals surface area contributed by atoms with Gasteiger partial charge in [0, 0.05) is 0 Å². The number of fused-ring (bicyclic) bond motifs is 1. The van der Waals surface area contributed by atoms with Crippen molar-refractivity contribution in [2.75, 3.05) is 6.61 Å². The highest BCUT2D eigenvalue weighted by Crippen LogP contribution is 2.13. The van der Waals surface area contributed by atoms with Crippen LogP contribution in [0.3, 0.4) is 0 Å². The van der Waals surface area contributed by atoms with Crippen LogP contribution in [-0.4, -0.2) is 23.2 Å². The van der Waals surface area contributed by atoms with Crippen LogP contribution in [-0.2, 0) is 4.74 Å². The van der Waals surface area contributed by atoms with E-state index in [4.69, 9.17) is 10.5 Å². The quantitative estimate of drug-likeness (QED) is 0.677. The number of aromatic nitrogens is 1. The molecule has 0 saturated carbocycles. The third-order valence-corrected chi connectivity index (χ3v) is 3.33. The molecule has 6 heteroatoms. The van der Waals surface area contributed by atoms with Gasteiger partial charge in [0.05, 0.1) is 12.1 Å². The molecule has 1 aromatic carbocycles. The van der Waals surface area contributed by atoms with Crippen molar-refractivity contribution < 1.29 is 14.3 Å². The molecule has 0 aliphatic heterocycles. The van der Waals surface area contributed by atoms with Gasteiger partial charge >= 0.3 is 12.0 Å². The van der Waals surface area contributed by atoms with Gasteiger partial charge in [0.2, 0.25) is 0 Å². The molecule has 2 N–H and O–H groups in total. The van der Waals surface area contributed by atoms with Crippen molar-refractivity contribution in [3.63, 3.8) is 0 Å². The Labute approximate surface area is 127 Å². The fourth-order valence-electron chi connectivity index (χ4n) is 2.22. The normalized spacial score (nSPS) is 10.6. The summed E-state index contributed by atoms with van der Waals surface area (Å²) in [7, 11) is 0. The van der Waals surface area contributed by atoms with Gasteiger partial charge in [-0.3, -0.25) is 4.79 Å². The van der Waals surface area contributed by atoms with Crippen molar-refractivity contribution in [3.05, 3.63) is 46.2 Å². The average molecular weight is 302 g/mol. The zero-order valence-corrected chi connectivity index (χ0v) is 12.4. The third-order valence-electron chi connectivity index (χ3n) is 3.33. The molecule has 1 aromatic heterocycles. The van der Waals surface area contributed by atoms with Crippen LogP contribution < -0.4 is 11.3 Å². The third kappa shape index (κ3) is 3.16. The summed E-state index contributed by atoms with van der Waals surface area (Å²) in [4.78, 5) is 35.9. The Morgan fingerprint density at radius 1 is 1.23 bits per heavy atom. The molecule has 0 unspecified atom stereocenters. The maximum Gasteiger partial charge on any atom is 0.343 e. The van der Waals surface area contributed by atoms with Crippen molar-refractivity contribution in [3.8, 4) is 0 Å². The highest BCUT2D eigenvalue weighted by atomic mass is 16.5. The summed E-state index contributed by atoms with van der Waals surface area (Å²) in [5.74, 6) is -0.734. The van der Waals surface area contributed by atoms with Crippen LogP contribution >= 0.6 is 0 Å². The number of carbonyl (C=O) groups is 2. The van der Waals surface area contributed by atoms with E-state index < -0.39 is 17.6 Å². The van der Waals surface area contributed by atoms with E-state index >= 15 is 0 Å². The van der Waals surface area contributed by atoms with Crippen molar-refractivity contribution in [2.45, 2.75) is 26.2 Å². The Balaban J connectivity index is 2.42. The Morgan fingerprint density at radius 3 is 2.64 bits per heavy atom. The summed E-state index contributed by atoms with van der Waals surface area (Å²) in [5, 5.41) is 0.571. The van der Waals surface area contributed by atoms with E-state index in [1.165, 1.54) is 6.07 Å². The van der Waals surface area contributed by atoms with Crippen LogP contribution in [0.5, 0.6) is 0 Å². The summed E-state index contributed by atoms with van der Waals surface area (Å²) in [6.45, 7) is 2.28. The first-order chi connectivity index (χ1) is 10.6. The zero-order chi connectivity index (χ0) is 16.1. The van der Waals surface area contributed by atoms with Crippen LogP contribution in [0.15, 0.2) is 35.1 Å². The summed E-state index contributed by atoms with van der Waals surface area (Å²) < 4.78 is 5.88. The van der Waals surface area contributed by atoms with Crippen molar-refractivity contribution in [1.82, 2.24) is 4.57 Å². The number of ether oxygens (including phenoxy) is 1. The Kier molecular flexibility index (Phi) is 4.93. The number of rotatable bonds is 5. The molecule has 6 nitrogen and oxygen atoms in total. The SMILES string of the molecule is CCCCCOC(=O)c1cc2ccccc2n(C(N)=O)c1=O. The molecule has 0 radical (unpaired) electrons. The van der Waals surface area contributed by atoms with E-state index in [0.29, 0.717) is 10.9 Å². The molecule has 1 heterocycles. The van der Waals surface area contributed by atoms with Gasteiger partial charge in [0.25, 0.3) is 5.56 Å². The lowest BCUT2D eigenvalue weighted by atomic mass is 10.1. The number of para-hydroxylation sites is 1. The van der Waals surface area contributed by atoms with Crippen molar-refractivity contribution in [2.24, 2.45) is 5.73 Å². The van der Waals surface area contributed by atoms with Crippen molar-refractivity contribution in [1.29, 1.82) is 0 Å². The summed E-state index contributed by atoms with van der Waals surface area (Å²) in [5.41, 5.74) is 4.68. The summed E-state index contributed by atoms with van der Waals surface area (Å²) >= 11 is 0. The average Bonchev–Trinajstić information content (AvgIpc) is 2.50. The highest BCUT2D eigenvalue weighted by Gasteiger charge is 2.18. The topological polar surface area (TPSA) is 91.4 Å². The largest absolute Gasteiger partial charge is 0.462 e. The van der Waals surface area contributed by atoms with Gasteiger partial charge in [0.1, 0.15) is 5.56 Å². The van der Waals surface area contributed by atoms with E-state index in [1.807, 2.05) is 6.92 Å². The summed E-state index contributed by atoms with van der Waals surface area (Å²) in [6, 6.07) is 7.22. The van der Waals surface area contributed by atoms with Gasteiger partial charge in [-0.2, -0.15) is 0 Å². The van der Waals surface area contributed by atoms with E-state index in [0.717, 1.165) is 23.8 Å². The Hall–Kier alpha value is -2.63. The van der Waals surface area contributed by atoms with Gasteiger partial charge in [-0.05, 0) is 23.9 Å². The van der Waals surface area contributed by atoms with Gasteiger partial charge in [-0.25, -0.2) is 14.2 Å². The van der Waals surface area contributed by atoms with E-state index in [1.54, 1.807) is 24.3 Å². The lowest BCUT2D eigenvalue weighted by Crippen LogP contribution is -2.35. The maximum atomic E-state index is 12.3. The number of nitrogens with zero attached hydrogens (tertiary/aromatic N) is 1. The van der Waals surface area contributed by atoms with Crippen LogP contribution in [0.2, 0.25) is 0 Å². The van der Waals surface area contributed by atoms with Gasteiger partial charge < -0.3 is 10.5 Å². The molecule has 0 bridgehead atoms. The predicted octanol–water partition coefficient (Wildman–Crippen LogP) is 2.28.